The summed E-state index contributed by atoms with van der Waals surface area (Å²) in [6, 6.07) is 7.37. The number of rotatable bonds is 5. The van der Waals surface area contributed by atoms with Crippen LogP contribution in [0.1, 0.15) is 40.5 Å². The third kappa shape index (κ3) is 4.68. The molecule has 1 N–H and O–H groups in total. The van der Waals surface area contributed by atoms with Crippen molar-refractivity contribution < 1.29 is 14.3 Å². The Morgan fingerprint density at radius 1 is 1.22 bits per heavy atom. The van der Waals surface area contributed by atoms with Crippen LogP contribution >= 0.6 is 0 Å². The van der Waals surface area contributed by atoms with Gasteiger partial charge in [0.05, 0.1) is 18.2 Å². The number of hydrogen-bond acceptors (Lipinski definition) is 4. The first kappa shape index (κ1) is 19.8. The molecule has 27 heavy (non-hydrogen) atoms. The molecule has 0 aromatic heterocycles. The summed E-state index contributed by atoms with van der Waals surface area (Å²) in [5.41, 5.74) is 1.59. The second-order valence-electron chi connectivity index (χ2n) is 8.09. The minimum absolute atomic E-state index is 0.00352. The molecule has 0 saturated carbocycles. The maximum Gasteiger partial charge on any atom is 0.241 e. The predicted octanol–water partition coefficient (Wildman–Crippen LogP) is 2.89. The van der Waals surface area contributed by atoms with Crippen LogP contribution < -0.4 is 10.2 Å². The third-order valence-electron chi connectivity index (χ3n) is 5.24. The highest BCUT2D eigenvalue weighted by Crippen LogP contribution is 2.25. The molecule has 6 heteroatoms. The Morgan fingerprint density at radius 3 is 2.52 bits per heavy atom. The average Bonchev–Trinajstić information content (AvgIpc) is 3.00. The number of morpholine rings is 1. The van der Waals surface area contributed by atoms with Gasteiger partial charge in [0, 0.05) is 37.4 Å². The summed E-state index contributed by atoms with van der Waals surface area (Å²) in [5.74, 6) is 0.330. The number of carbonyl (C=O) groups excluding carboxylic acids is 2. The van der Waals surface area contributed by atoms with Crippen LogP contribution in [0.2, 0.25) is 0 Å². The maximum atomic E-state index is 13.1. The summed E-state index contributed by atoms with van der Waals surface area (Å²) in [7, 11) is 0. The molecular formula is C21H31N3O3. The summed E-state index contributed by atoms with van der Waals surface area (Å²) in [6.07, 6.45) is 1.72. The van der Waals surface area contributed by atoms with Crippen LogP contribution in [0.3, 0.4) is 0 Å². The molecule has 2 saturated heterocycles. The minimum Gasteiger partial charge on any atom is -0.373 e. The van der Waals surface area contributed by atoms with Crippen molar-refractivity contribution in [3.8, 4) is 0 Å². The summed E-state index contributed by atoms with van der Waals surface area (Å²) >= 11 is 0. The molecule has 2 heterocycles. The summed E-state index contributed by atoms with van der Waals surface area (Å²) in [5, 5.41) is 3.07. The van der Waals surface area contributed by atoms with Crippen molar-refractivity contribution in [1.82, 2.24) is 4.90 Å². The van der Waals surface area contributed by atoms with E-state index in [1.54, 1.807) is 4.90 Å². The molecule has 0 unspecified atom stereocenters. The van der Waals surface area contributed by atoms with Crippen LogP contribution in [0.5, 0.6) is 0 Å². The summed E-state index contributed by atoms with van der Waals surface area (Å²) in [4.78, 5) is 29.1. The van der Waals surface area contributed by atoms with E-state index < -0.39 is 0 Å². The first-order chi connectivity index (χ1) is 12.8. The van der Waals surface area contributed by atoms with E-state index in [0.717, 1.165) is 37.4 Å². The van der Waals surface area contributed by atoms with Gasteiger partial charge < -0.3 is 15.0 Å². The number of nitrogens with one attached hydrogen (secondary N) is 1. The van der Waals surface area contributed by atoms with E-state index in [-0.39, 0.29) is 36.0 Å². The van der Waals surface area contributed by atoms with Crippen LogP contribution in [0.25, 0.3) is 0 Å². The standard InChI is InChI=1S/C21H31N3O3/c1-14(2)20(23-12-15(3)27-16(4)13-23)21(26)22-17-7-5-8-18(11-17)24-10-6-9-19(24)25/h5,7-8,11,14-16,20H,6,9-10,12-13H2,1-4H3,(H,22,26)/t15-,16-,20-/m1/s1. The van der Waals surface area contributed by atoms with Crippen LogP contribution in [0, 0.1) is 5.92 Å². The summed E-state index contributed by atoms with van der Waals surface area (Å²) < 4.78 is 5.82. The Labute approximate surface area is 161 Å². The van der Waals surface area contributed by atoms with E-state index in [9.17, 15) is 9.59 Å². The van der Waals surface area contributed by atoms with Crippen molar-refractivity contribution in [3.05, 3.63) is 24.3 Å². The van der Waals surface area contributed by atoms with Gasteiger partial charge in [0.2, 0.25) is 11.8 Å². The van der Waals surface area contributed by atoms with Gasteiger partial charge in [0.15, 0.2) is 0 Å². The molecular weight excluding hydrogens is 342 g/mol. The third-order valence-corrected chi connectivity index (χ3v) is 5.24. The Bertz CT molecular complexity index is 681. The van der Waals surface area contributed by atoms with Crippen LogP contribution in [0.4, 0.5) is 11.4 Å². The van der Waals surface area contributed by atoms with Gasteiger partial charge in [-0.3, -0.25) is 14.5 Å². The quantitative estimate of drug-likeness (QED) is 0.862. The van der Waals surface area contributed by atoms with Crippen molar-refractivity contribution in [2.45, 2.75) is 58.8 Å². The van der Waals surface area contributed by atoms with Crippen molar-refractivity contribution in [3.63, 3.8) is 0 Å². The lowest BCUT2D eigenvalue weighted by molar-refractivity contribution is -0.130. The fourth-order valence-corrected chi connectivity index (χ4v) is 4.22. The zero-order chi connectivity index (χ0) is 19.6. The van der Waals surface area contributed by atoms with E-state index in [2.05, 4.69) is 37.9 Å². The van der Waals surface area contributed by atoms with Gasteiger partial charge in [0.25, 0.3) is 0 Å². The second kappa shape index (κ2) is 8.40. The molecule has 1 aromatic rings. The molecule has 2 fully saturated rings. The van der Waals surface area contributed by atoms with Gasteiger partial charge in [-0.25, -0.2) is 0 Å². The van der Waals surface area contributed by atoms with E-state index in [1.807, 2.05) is 24.3 Å². The number of carbonyl (C=O) groups is 2. The fourth-order valence-electron chi connectivity index (χ4n) is 4.22. The van der Waals surface area contributed by atoms with Gasteiger partial charge >= 0.3 is 0 Å². The van der Waals surface area contributed by atoms with E-state index in [4.69, 9.17) is 4.74 Å². The topological polar surface area (TPSA) is 61.9 Å². The summed E-state index contributed by atoms with van der Waals surface area (Å²) in [6.45, 7) is 10.5. The number of nitrogens with zero attached hydrogens (tertiary/aromatic N) is 2. The molecule has 0 spiro atoms. The van der Waals surface area contributed by atoms with Gasteiger partial charge in [-0.15, -0.1) is 0 Å². The minimum atomic E-state index is -0.212. The molecule has 0 bridgehead atoms. The number of amides is 2. The van der Waals surface area contributed by atoms with Crippen LogP contribution in [-0.2, 0) is 14.3 Å². The Morgan fingerprint density at radius 2 is 1.93 bits per heavy atom. The number of hydrogen-bond donors (Lipinski definition) is 1. The lowest BCUT2D eigenvalue weighted by Crippen LogP contribution is -2.55. The highest BCUT2D eigenvalue weighted by atomic mass is 16.5. The highest BCUT2D eigenvalue weighted by Gasteiger charge is 2.34. The second-order valence-corrected chi connectivity index (χ2v) is 8.09. The fraction of sp³-hybridized carbons (Fsp3) is 0.619. The van der Waals surface area contributed by atoms with E-state index in [1.165, 1.54) is 0 Å². The van der Waals surface area contributed by atoms with Crippen molar-refractivity contribution in [1.29, 1.82) is 0 Å². The predicted molar refractivity (Wildman–Crippen MR) is 107 cm³/mol. The SMILES string of the molecule is CC(C)[C@H](C(=O)Nc1cccc(N2CCCC2=O)c1)N1C[C@@H](C)O[C@H](C)C1. The smallest absolute Gasteiger partial charge is 0.241 e. The Kier molecular flexibility index (Phi) is 6.17. The molecule has 148 valence electrons. The normalized spacial score (nSPS) is 25.1. The lowest BCUT2D eigenvalue weighted by Gasteiger charge is -2.41. The van der Waals surface area contributed by atoms with E-state index >= 15 is 0 Å². The highest BCUT2D eigenvalue weighted by molar-refractivity contribution is 5.98. The average molecular weight is 373 g/mol. The van der Waals surface area contributed by atoms with Crippen molar-refractivity contribution in [2.24, 2.45) is 5.92 Å². The lowest BCUT2D eigenvalue weighted by atomic mass is 9.99. The number of ether oxygens (including phenoxy) is 1. The van der Waals surface area contributed by atoms with Crippen LogP contribution in [-0.4, -0.2) is 54.6 Å². The molecule has 6 nitrogen and oxygen atoms in total. The van der Waals surface area contributed by atoms with Gasteiger partial charge in [-0.2, -0.15) is 0 Å². The molecule has 2 aliphatic heterocycles. The van der Waals surface area contributed by atoms with Gasteiger partial charge in [-0.05, 0) is 44.4 Å². The van der Waals surface area contributed by atoms with Gasteiger partial charge in [-0.1, -0.05) is 19.9 Å². The zero-order valence-corrected chi connectivity index (χ0v) is 16.8. The van der Waals surface area contributed by atoms with Crippen LogP contribution in [0.15, 0.2) is 24.3 Å². The molecule has 0 aliphatic carbocycles. The van der Waals surface area contributed by atoms with Gasteiger partial charge in [0.1, 0.15) is 0 Å². The van der Waals surface area contributed by atoms with Crippen molar-refractivity contribution >= 4 is 23.2 Å². The number of benzene rings is 1. The molecule has 3 atom stereocenters. The molecule has 2 aliphatic rings. The maximum absolute atomic E-state index is 13.1. The molecule has 0 radical (unpaired) electrons. The molecule has 3 rings (SSSR count). The Hall–Kier alpha value is -1.92. The largest absolute Gasteiger partial charge is 0.373 e. The molecule has 1 aromatic carbocycles. The Balaban J connectivity index is 1.73. The molecule has 2 amide bonds. The van der Waals surface area contributed by atoms with Crippen molar-refractivity contribution in [2.75, 3.05) is 29.9 Å². The zero-order valence-electron chi connectivity index (χ0n) is 16.8. The number of anilines is 2. The first-order valence-corrected chi connectivity index (χ1v) is 9.96. The van der Waals surface area contributed by atoms with E-state index in [0.29, 0.717) is 6.42 Å². The first-order valence-electron chi connectivity index (χ1n) is 9.96. The monoisotopic (exact) mass is 373 g/mol.